The fourth-order valence-corrected chi connectivity index (χ4v) is 3.75. The standard InChI is InChI=1S/C13H20N2O2S2/c1-4-10(3)15(5-2)19(16,17)12-8-6-7-11(9-12)13(14)18/h6-10H,4-5H2,1-3H3,(H2,14,18). The van der Waals surface area contributed by atoms with E-state index in [1.165, 1.54) is 10.4 Å². The highest BCUT2D eigenvalue weighted by Crippen LogP contribution is 2.20. The van der Waals surface area contributed by atoms with Gasteiger partial charge in [-0.05, 0) is 25.5 Å². The second kappa shape index (κ2) is 6.45. The number of thiocarbonyl (C=S) groups is 1. The molecule has 1 rings (SSSR count). The zero-order chi connectivity index (χ0) is 14.6. The van der Waals surface area contributed by atoms with Crippen molar-refractivity contribution in [2.75, 3.05) is 6.54 Å². The van der Waals surface area contributed by atoms with Gasteiger partial charge in [0.05, 0.1) is 4.90 Å². The molecule has 1 atom stereocenters. The predicted molar refractivity (Wildman–Crippen MR) is 81.6 cm³/mol. The largest absolute Gasteiger partial charge is 0.389 e. The van der Waals surface area contributed by atoms with Crippen molar-refractivity contribution in [2.45, 2.75) is 38.1 Å². The van der Waals surface area contributed by atoms with Crippen LogP contribution in [0.5, 0.6) is 0 Å². The second-order valence-electron chi connectivity index (χ2n) is 4.36. The Labute approximate surface area is 120 Å². The minimum absolute atomic E-state index is 0.0384. The Balaban J connectivity index is 3.26. The summed E-state index contributed by atoms with van der Waals surface area (Å²) in [6.07, 6.45) is 0.766. The lowest BCUT2D eigenvalue weighted by atomic mass is 10.2. The number of benzene rings is 1. The molecule has 106 valence electrons. The first-order chi connectivity index (χ1) is 8.84. The monoisotopic (exact) mass is 300 g/mol. The van der Waals surface area contributed by atoms with Crippen LogP contribution in [-0.2, 0) is 10.0 Å². The third-order valence-electron chi connectivity index (χ3n) is 3.12. The van der Waals surface area contributed by atoms with Crippen molar-refractivity contribution >= 4 is 27.2 Å². The summed E-state index contributed by atoms with van der Waals surface area (Å²) in [7, 11) is -3.50. The van der Waals surface area contributed by atoms with E-state index < -0.39 is 10.0 Å². The van der Waals surface area contributed by atoms with Gasteiger partial charge in [-0.25, -0.2) is 8.42 Å². The van der Waals surface area contributed by atoms with Crippen molar-refractivity contribution in [3.05, 3.63) is 29.8 Å². The lowest BCUT2D eigenvalue weighted by molar-refractivity contribution is 0.342. The van der Waals surface area contributed by atoms with Crippen molar-refractivity contribution in [1.29, 1.82) is 0 Å². The van der Waals surface area contributed by atoms with Gasteiger partial charge in [-0.1, -0.05) is 38.2 Å². The SMILES string of the molecule is CCC(C)N(CC)S(=O)(=O)c1cccc(C(N)=S)c1. The molecule has 0 saturated carbocycles. The fraction of sp³-hybridized carbons (Fsp3) is 0.462. The van der Waals surface area contributed by atoms with Crippen molar-refractivity contribution < 1.29 is 8.42 Å². The maximum Gasteiger partial charge on any atom is 0.243 e. The molecule has 0 heterocycles. The van der Waals surface area contributed by atoms with Crippen LogP contribution in [0.25, 0.3) is 0 Å². The lowest BCUT2D eigenvalue weighted by Crippen LogP contribution is -2.38. The summed E-state index contributed by atoms with van der Waals surface area (Å²) >= 11 is 4.88. The van der Waals surface area contributed by atoms with Crippen LogP contribution in [0.4, 0.5) is 0 Å². The number of nitrogens with two attached hydrogens (primary N) is 1. The molecule has 0 radical (unpaired) electrons. The molecule has 19 heavy (non-hydrogen) atoms. The summed E-state index contributed by atoms with van der Waals surface area (Å²) in [6, 6.07) is 6.43. The van der Waals surface area contributed by atoms with Gasteiger partial charge in [0.25, 0.3) is 0 Å². The molecule has 0 fully saturated rings. The van der Waals surface area contributed by atoms with E-state index in [9.17, 15) is 8.42 Å². The molecule has 1 aromatic carbocycles. The summed E-state index contributed by atoms with van der Waals surface area (Å²) < 4.78 is 26.7. The average Bonchev–Trinajstić information content (AvgIpc) is 2.39. The van der Waals surface area contributed by atoms with Crippen LogP contribution in [-0.4, -0.2) is 30.3 Å². The minimum Gasteiger partial charge on any atom is -0.389 e. The lowest BCUT2D eigenvalue weighted by Gasteiger charge is -2.26. The van der Waals surface area contributed by atoms with Crippen molar-refractivity contribution in [3.8, 4) is 0 Å². The molecule has 1 unspecified atom stereocenters. The van der Waals surface area contributed by atoms with Gasteiger partial charge >= 0.3 is 0 Å². The maximum absolute atomic E-state index is 12.6. The molecule has 0 aromatic heterocycles. The number of sulfonamides is 1. The molecule has 0 amide bonds. The summed E-state index contributed by atoms with van der Waals surface area (Å²) in [5.41, 5.74) is 6.11. The van der Waals surface area contributed by atoms with Crippen LogP contribution >= 0.6 is 12.2 Å². The van der Waals surface area contributed by atoms with E-state index in [0.29, 0.717) is 12.1 Å². The first kappa shape index (κ1) is 16.1. The van der Waals surface area contributed by atoms with Gasteiger partial charge in [0, 0.05) is 18.2 Å². The van der Waals surface area contributed by atoms with Gasteiger partial charge in [-0.15, -0.1) is 0 Å². The van der Waals surface area contributed by atoms with Crippen LogP contribution in [0.1, 0.15) is 32.8 Å². The van der Waals surface area contributed by atoms with E-state index in [1.807, 2.05) is 20.8 Å². The van der Waals surface area contributed by atoms with Crippen LogP contribution in [0.3, 0.4) is 0 Å². The summed E-state index contributed by atoms with van der Waals surface area (Å²) in [5, 5.41) is 0. The first-order valence-electron chi connectivity index (χ1n) is 6.26. The third-order valence-corrected chi connectivity index (χ3v) is 5.44. The predicted octanol–water partition coefficient (Wildman–Crippen LogP) is 2.13. The van der Waals surface area contributed by atoms with E-state index in [4.69, 9.17) is 18.0 Å². The molecule has 0 saturated heterocycles. The molecule has 0 aliphatic heterocycles. The van der Waals surface area contributed by atoms with Gasteiger partial charge in [0.15, 0.2) is 0 Å². The number of hydrogen-bond acceptors (Lipinski definition) is 3. The van der Waals surface area contributed by atoms with Crippen LogP contribution < -0.4 is 5.73 Å². The van der Waals surface area contributed by atoms with E-state index in [2.05, 4.69) is 0 Å². The first-order valence-corrected chi connectivity index (χ1v) is 8.11. The molecular formula is C13H20N2O2S2. The number of rotatable bonds is 6. The van der Waals surface area contributed by atoms with Crippen molar-refractivity contribution in [3.63, 3.8) is 0 Å². The number of hydrogen-bond donors (Lipinski definition) is 1. The fourth-order valence-electron chi connectivity index (χ4n) is 1.87. The topological polar surface area (TPSA) is 63.4 Å². The van der Waals surface area contributed by atoms with E-state index in [0.717, 1.165) is 6.42 Å². The van der Waals surface area contributed by atoms with Crippen molar-refractivity contribution in [2.24, 2.45) is 5.73 Å². The van der Waals surface area contributed by atoms with Crippen LogP contribution in [0.15, 0.2) is 29.2 Å². The zero-order valence-electron chi connectivity index (χ0n) is 11.5. The summed E-state index contributed by atoms with van der Waals surface area (Å²) in [4.78, 5) is 0.434. The average molecular weight is 300 g/mol. The van der Waals surface area contributed by atoms with Crippen molar-refractivity contribution in [1.82, 2.24) is 4.31 Å². The Hall–Kier alpha value is -0.980. The van der Waals surface area contributed by atoms with E-state index in [-0.39, 0.29) is 15.9 Å². The highest BCUT2D eigenvalue weighted by molar-refractivity contribution is 7.89. The summed E-state index contributed by atoms with van der Waals surface area (Å²) in [5.74, 6) is 0. The van der Waals surface area contributed by atoms with Crippen LogP contribution in [0, 0.1) is 0 Å². The normalized spacial score (nSPS) is 13.5. The highest BCUT2D eigenvalue weighted by atomic mass is 32.2. The smallest absolute Gasteiger partial charge is 0.243 e. The number of nitrogens with zero attached hydrogens (tertiary/aromatic N) is 1. The molecule has 2 N–H and O–H groups in total. The zero-order valence-corrected chi connectivity index (χ0v) is 13.1. The molecule has 0 bridgehead atoms. The summed E-state index contributed by atoms with van der Waals surface area (Å²) in [6.45, 7) is 6.14. The molecular weight excluding hydrogens is 280 g/mol. The Kier molecular flexibility index (Phi) is 5.46. The van der Waals surface area contributed by atoms with Gasteiger partial charge in [-0.2, -0.15) is 4.31 Å². The highest BCUT2D eigenvalue weighted by Gasteiger charge is 2.26. The van der Waals surface area contributed by atoms with Gasteiger partial charge in [0.2, 0.25) is 10.0 Å². The minimum atomic E-state index is -3.50. The Bertz CT molecular complexity index is 556. The second-order valence-corrected chi connectivity index (χ2v) is 6.69. The maximum atomic E-state index is 12.6. The van der Waals surface area contributed by atoms with E-state index >= 15 is 0 Å². The Morgan fingerprint density at radius 2 is 2.05 bits per heavy atom. The molecule has 0 spiro atoms. The molecule has 0 aliphatic rings. The Morgan fingerprint density at radius 3 is 2.53 bits per heavy atom. The third kappa shape index (κ3) is 3.52. The quantitative estimate of drug-likeness (QED) is 0.818. The van der Waals surface area contributed by atoms with Crippen LogP contribution in [0.2, 0.25) is 0 Å². The van der Waals surface area contributed by atoms with Gasteiger partial charge in [-0.3, -0.25) is 0 Å². The van der Waals surface area contributed by atoms with Gasteiger partial charge < -0.3 is 5.73 Å². The van der Waals surface area contributed by atoms with Gasteiger partial charge in [0.1, 0.15) is 4.99 Å². The molecule has 6 heteroatoms. The Morgan fingerprint density at radius 1 is 1.42 bits per heavy atom. The molecule has 4 nitrogen and oxygen atoms in total. The van der Waals surface area contributed by atoms with E-state index in [1.54, 1.807) is 18.2 Å². The molecule has 1 aromatic rings. The molecule has 0 aliphatic carbocycles.